The molecule has 6 rings (SSSR count). The van der Waals surface area contributed by atoms with E-state index in [9.17, 15) is 0 Å². The largest absolute Gasteiger partial charge is 0.233 e. The van der Waals surface area contributed by atoms with Gasteiger partial charge in [0.15, 0.2) is 19.0 Å². The second-order valence-corrected chi connectivity index (χ2v) is 9.85. The van der Waals surface area contributed by atoms with Crippen molar-refractivity contribution in [1.29, 1.82) is 0 Å². The van der Waals surface area contributed by atoms with Crippen molar-refractivity contribution in [3.8, 4) is 0 Å². The first-order chi connectivity index (χ1) is 16.4. The molecular weight excluding hydrogens is 428 g/mol. The standard InChI is InChI=1S/C8H10.C7H16N2.2C6H10N.C3H8.CH4/c1-2-8-6-4-3-5-7-8;1-3-9-5-4-8(2,6-9)7-9;2*1-2-7-5-3-4-6-7;1-3-2;/h3-7H,2H2,1H3;3-7H2,1-2H3;3,5-6H,2,4H2,1H3;3-5H,2,6H2,1H3;3H2,1-2H3;1H4/q;+2;2*+1;;. The topological polar surface area (TPSA) is 6.02 Å². The number of aryl methyl sites for hydroxylation is 1. The zero-order valence-electron chi connectivity index (χ0n) is 23.4. The highest BCUT2D eigenvalue weighted by molar-refractivity contribution is 5.67. The van der Waals surface area contributed by atoms with Crippen LogP contribution in [0.5, 0.6) is 0 Å². The fourth-order valence-electron chi connectivity index (χ4n) is 4.58. The van der Waals surface area contributed by atoms with Gasteiger partial charge in [-0.2, -0.15) is 0 Å². The van der Waals surface area contributed by atoms with Gasteiger partial charge in [-0.25, -0.2) is 18.1 Å². The third-order valence-corrected chi connectivity index (χ3v) is 6.64. The lowest BCUT2D eigenvalue weighted by molar-refractivity contribution is -1.21. The Kier molecular flexibility index (Phi) is 17.2. The van der Waals surface area contributed by atoms with Gasteiger partial charge in [0.25, 0.3) is 0 Å². The van der Waals surface area contributed by atoms with Crippen LogP contribution in [0, 0.1) is 0 Å². The van der Waals surface area contributed by atoms with Gasteiger partial charge in [0.1, 0.15) is 32.4 Å². The van der Waals surface area contributed by atoms with Crippen LogP contribution in [0.25, 0.3) is 0 Å². The summed E-state index contributed by atoms with van der Waals surface area (Å²) in [5, 5.41) is 0. The third kappa shape index (κ3) is 12.5. The maximum absolute atomic E-state index is 2.37. The van der Waals surface area contributed by atoms with Crippen molar-refractivity contribution < 1.29 is 18.1 Å². The van der Waals surface area contributed by atoms with E-state index in [-0.39, 0.29) is 7.43 Å². The number of nitrogens with zero attached hydrogens (tertiary/aromatic N) is 4. The molecule has 1 aromatic carbocycles. The molecule has 0 aromatic heterocycles. The minimum atomic E-state index is 0. The zero-order chi connectivity index (χ0) is 25.3. The van der Waals surface area contributed by atoms with Crippen molar-refractivity contribution in [2.75, 3.05) is 59.7 Å². The Bertz CT molecular complexity index is 783. The van der Waals surface area contributed by atoms with Crippen molar-refractivity contribution in [3.63, 3.8) is 0 Å². The molecule has 0 radical (unpaired) electrons. The highest BCUT2D eigenvalue weighted by atomic mass is 15.7. The highest BCUT2D eigenvalue weighted by Crippen LogP contribution is 2.33. The summed E-state index contributed by atoms with van der Waals surface area (Å²) in [5.41, 5.74) is 1.41. The Hall–Kier alpha value is -2.04. The lowest BCUT2D eigenvalue weighted by Crippen LogP contribution is -2.68. The molecule has 5 aliphatic heterocycles. The predicted octanol–water partition coefficient (Wildman–Crippen LogP) is 6.18. The number of hydrogen-bond acceptors (Lipinski definition) is 0. The van der Waals surface area contributed by atoms with Gasteiger partial charge in [-0.05, 0) is 44.9 Å². The first kappa shape index (κ1) is 33.0. The number of quaternary nitrogens is 2. The molecule has 5 heterocycles. The van der Waals surface area contributed by atoms with E-state index >= 15 is 0 Å². The Morgan fingerprint density at radius 3 is 1.77 bits per heavy atom. The third-order valence-electron chi connectivity index (χ3n) is 6.64. The van der Waals surface area contributed by atoms with E-state index in [0.29, 0.717) is 0 Å². The van der Waals surface area contributed by atoms with E-state index < -0.39 is 0 Å². The second-order valence-electron chi connectivity index (χ2n) is 9.85. The molecule has 35 heavy (non-hydrogen) atoms. The van der Waals surface area contributed by atoms with E-state index in [0.717, 1.165) is 32.5 Å². The van der Waals surface area contributed by atoms with Gasteiger partial charge in [-0.3, -0.25) is 0 Å². The van der Waals surface area contributed by atoms with Crippen molar-refractivity contribution in [2.45, 2.75) is 68.2 Å². The molecule has 0 amide bonds. The SMILES string of the molecule is C.CCC.CC[N+]12CC[N+](C)(C1)C2.CC[N+]1=CC=CC1.CC[N+]1=CCC=C1.CCc1ccccc1. The first-order valence-corrected chi connectivity index (χ1v) is 13.6. The summed E-state index contributed by atoms with van der Waals surface area (Å²) in [7, 11) is 2.37. The molecule has 3 saturated heterocycles. The van der Waals surface area contributed by atoms with Crippen LogP contribution >= 0.6 is 0 Å². The lowest BCUT2D eigenvalue weighted by Gasteiger charge is -2.44. The van der Waals surface area contributed by atoms with Gasteiger partial charge >= 0.3 is 0 Å². The number of rotatable bonds is 4. The molecule has 0 saturated carbocycles. The Morgan fingerprint density at radius 2 is 1.51 bits per heavy atom. The fourth-order valence-corrected chi connectivity index (χ4v) is 4.58. The molecule has 0 aliphatic carbocycles. The number of benzene rings is 1. The molecule has 1 aromatic rings. The summed E-state index contributed by atoms with van der Waals surface area (Å²) in [4.78, 5) is 0. The van der Waals surface area contributed by atoms with Gasteiger partial charge < -0.3 is 0 Å². The highest BCUT2D eigenvalue weighted by Gasteiger charge is 2.59. The summed E-state index contributed by atoms with van der Waals surface area (Å²) in [6.07, 6.45) is 16.3. The molecule has 5 aliphatic rings. The van der Waals surface area contributed by atoms with Crippen LogP contribution in [0.3, 0.4) is 0 Å². The second kappa shape index (κ2) is 18.3. The fraction of sp³-hybridized carbons (Fsp3) is 0.613. The average Bonchev–Trinajstić information content (AvgIpc) is 3.66. The van der Waals surface area contributed by atoms with Gasteiger partial charge in [-0.15, -0.1) is 0 Å². The first-order valence-electron chi connectivity index (χ1n) is 13.6. The minimum absolute atomic E-state index is 0. The molecular formula is C31H58N4+4. The molecule has 0 atom stereocenters. The summed E-state index contributed by atoms with van der Waals surface area (Å²) >= 11 is 0. The van der Waals surface area contributed by atoms with Crippen LogP contribution in [-0.2, 0) is 6.42 Å². The monoisotopic (exact) mass is 486 g/mol. The van der Waals surface area contributed by atoms with Crippen LogP contribution < -0.4 is 0 Å². The molecule has 0 unspecified atom stereocenters. The van der Waals surface area contributed by atoms with Crippen LogP contribution in [0.1, 0.15) is 67.4 Å². The summed E-state index contributed by atoms with van der Waals surface area (Å²) < 4.78 is 7.20. The van der Waals surface area contributed by atoms with E-state index in [1.165, 1.54) is 53.9 Å². The number of hydrogen-bond donors (Lipinski definition) is 0. The number of likely N-dealkylation sites (N-methyl/N-ethyl adjacent to an activating group) is 3. The van der Waals surface area contributed by atoms with E-state index in [1.807, 2.05) is 6.07 Å². The molecule has 4 heteroatoms. The Morgan fingerprint density at radius 1 is 0.857 bits per heavy atom. The molecule has 0 spiro atoms. The van der Waals surface area contributed by atoms with E-state index in [2.05, 4.69) is 119 Å². The quantitative estimate of drug-likeness (QED) is 0.354. The maximum atomic E-state index is 2.37. The summed E-state index contributed by atoms with van der Waals surface area (Å²) in [6.45, 7) is 23.4. The van der Waals surface area contributed by atoms with Crippen LogP contribution in [0.15, 0.2) is 54.8 Å². The molecule has 4 nitrogen and oxygen atoms in total. The van der Waals surface area contributed by atoms with Crippen molar-refractivity contribution >= 4 is 12.4 Å². The number of allylic oxidation sites excluding steroid dienone is 2. The van der Waals surface area contributed by atoms with Crippen molar-refractivity contribution in [3.05, 3.63) is 60.3 Å². The van der Waals surface area contributed by atoms with Crippen LogP contribution in [0.2, 0.25) is 0 Å². The van der Waals surface area contributed by atoms with Crippen molar-refractivity contribution in [2.24, 2.45) is 0 Å². The zero-order valence-corrected chi connectivity index (χ0v) is 23.4. The normalized spacial score (nSPS) is 23.9. The summed E-state index contributed by atoms with van der Waals surface area (Å²) in [6, 6.07) is 10.5. The van der Waals surface area contributed by atoms with Gasteiger partial charge in [0, 0.05) is 12.5 Å². The lowest BCUT2D eigenvalue weighted by atomic mass is 10.2. The maximum Gasteiger partial charge on any atom is 0.216 e. The Balaban J connectivity index is 0.000000423. The predicted molar refractivity (Wildman–Crippen MR) is 156 cm³/mol. The molecule has 198 valence electrons. The van der Waals surface area contributed by atoms with Crippen molar-refractivity contribution in [1.82, 2.24) is 0 Å². The Labute approximate surface area is 218 Å². The van der Waals surface area contributed by atoms with Crippen LogP contribution in [-0.4, -0.2) is 90.2 Å². The minimum Gasteiger partial charge on any atom is -0.233 e. The molecule has 0 N–H and O–H groups in total. The smallest absolute Gasteiger partial charge is 0.216 e. The average molecular weight is 487 g/mol. The van der Waals surface area contributed by atoms with E-state index in [1.54, 1.807) is 0 Å². The van der Waals surface area contributed by atoms with Gasteiger partial charge in [-0.1, -0.05) is 65.0 Å². The molecule has 2 bridgehead atoms. The van der Waals surface area contributed by atoms with E-state index in [4.69, 9.17) is 0 Å². The molecule has 3 fully saturated rings. The van der Waals surface area contributed by atoms with Crippen LogP contribution in [0.4, 0.5) is 0 Å². The van der Waals surface area contributed by atoms with Gasteiger partial charge in [0.2, 0.25) is 13.3 Å². The number of fused-ring (bicyclic) bond motifs is 1. The van der Waals surface area contributed by atoms with Gasteiger partial charge in [0.05, 0.1) is 13.6 Å². The summed E-state index contributed by atoms with van der Waals surface area (Å²) in [5.74, 6) is 0.